The summed E-state index contributed by atoms with van der Waals surface area (Å²) in [7, 11) is 0. The van der Waals surface area contributed by atoms with Crippen molar-refractivity contribution < 1.29 is 14.7 Å². The average Bonchev–Trinajstić information content (AvgIpc) is 2.69. The van der Waals surface area contributed by atoms with Crippen LogP contribution in [-0.2, 0) is 11.3 Å². The van der Waals surface area contributed by atoms with Crippen LogP contribution in [0.3, 0.4) is 0 Å². The lowest BCUT2D eigenvalue weighted by molar-refractivity contribution is -0.137. The maximum atomic E-state index is 11.2. The van der Waals surface area contributed by atoms with E-state index in [9.17, 15) is 9.59 Å². The zero-order chi connectivity index (χ0) is 13.7. The van der Waals surface area contributed by atoms with Gasteiger partial charge in [-0.25, -0.2) is 4.98 Å². The molecule has 0 radical (unpaired) electrons. The highest BCUT2D eigenvalue weighted by Gasteiger charge is 2.16. The molecule has 1 rings (SSSR count). The molecule has 8 nitrogen and oxygen atoms in total. The summed E-state index contributed by atoms with van der Waals surface area (Å²) in [6.07, 6.45) is 2.22. The van der Waals surface area contributed by atoms with Gasteiger partial charge in [0, 0.05) is 12.7 Å². The van der Waals surface area contributed by atoms with Crippen LogP contribution in [0.15, 0.2) is 6.20 Å². The molecule has 1 aromatic rings. The van der Waals surface area contributed by atoms with Crippen LogP contribution >= 0.6 is 0 Å². The molecule has 1 amide bonds. The molecule has 0 spiro atoms. The summed E-state index contributed by atoms with van der Waals surface area (Å²) in [5.74, 6) is -1.28. The Balaban J connectivity index is 2.87. The fourth-order valence-electron chi connectivity index (χ4n) is 1.40. The number of primary amides is 1. The Hall–Kier alpha value is -2.09. The number of rotatable bonds is 7. The van der Waals surface area contributed by atoms with E-state index in [-0.39, 0.29) is 5.82 Å². The van der Waals surface area contributed by atoms with Crippen molar-refractivity contribution in [2.75, 3.05) is 11.9 Å². The standard InChI is InChI=1S/C10H17N5O3/c1-6(10(17)18)13-7-5-15(4-2-3-11)9(14-7)8(12)16/h5-6,13H,2-4,11H2,1H3,(H2,12,16)(H,17,18)/t6-/m0/s1. The van der Waals surface area contributed by atoms with Crippen molar-refractivity contribution in [1.82, 2.24) is 9.55 Å². The predicted octanol–water partition coefficient (Wildman–Crippen LogP) is -0.784. The quantitative estimate of drug-likeness (QED) is 0.504. The molecule has 0 saturated carbocycles. The number of nitrogens with zero attached hydrogens (tertiary/aromatic N) is 2. The second kappa shape index (κ2) is 6.01. The van der Waals surface area contributed by atoms with Gasteiger partial charge in [0.2, 0.25) is 5.82 Å². The predicted molar refractivity (Wildman–Crippen MR) is 65.1 cm³/mol. The van der Waals surface area contributed by atoms with Crippen LogP contribution in [0.2, 0.25) is 0 Å². The minimum Gasteiger partial charge on any atom is -0.480 e. The minimum atomic E-state index is -1.01. The highest BCUT2D eigenvalue weighted by Crippen LogP contribution is 2.10. The highest BCUT2D eigenvalue weighted by molar-refractivity contribution is 5.90. The van der Waals surface area contributed by atoms with Gasteiger partial charge < -0.3 is 26.5 Å². The number of aryl methyl sites for hydroxylation is 1. The van der Waals surface area contributed by atoms with E-state index in [2.05, 4.69) is 10.3 Å². The number of amides is 1. The molecule has 0 aromatic carbocycles. The van der Waals surface area contributed by atoms with Gasteiger partial charge in [-0.1, -0.05) is 0 Å². The van der Waals surface area contributed by atoms with E-state index >= 15 is 0 Å². The van der Waals surface area contributed by atoms with E-state index in [0.717, 1.165) is 0 Å². The molecular formula is C10H17N5O3. The van der Waals surface area contributed by atoms with Gasteiger partial charge in [0.05, 0.1) is 0 Å². The first-order valence-electron chi connectivity index (χ1n) is 5.52. The first-order chi connectivity index (χ1) is 8.45. The largest absolute Gasteiger partial charge is 0.480 e. The number of carbonyl (C=O) groups is 2. The smallest absolute Gasteiger partial charge is 0.325 e. The van der Waals surface area contributed by atoms with Crippen LogP contribution in [0.5, 0.6) is 0 Å². The number of carbonyl (C=O) groups excluding carboxylic acids is 1. The van der Waals surface area contributed by atoms with E-state index in [1.54, 1.807) is 10.8 Å². The van der Waals surface area contributed by atoms with Crippen LogP contribution in [-0.4, -0.2) is 39.1 Å². The molecule has 0 saturated heterocycles. The van der Waals surface area contributed by atoms with Gasteiger partial charge in [0.15, 0.2) is 0 Å². The molecule has 0 aliphatic carbocycles. The number of aliphatic carboxylic acids is 1. The minimum absolute atomic E-state index is 0.0866. The number of hydrogen-bond donors (Lipinski definition) is 4. The average molecular weight is 255 g/mol. The summed E-state index contributed by atoms with van der Waals surface area (Å²) in [4.78, 5) is 25.8. The molecule has 100 valence electrons. The number of hydrogen-bond acceptors (Lipinski definition) is 5. The van der Waals surface area contributed by atoms with E-state index in [1.807, 2.05) is 0 Å². The Kier molecular flexibility index (Phi) is 4.67. The van der Waals surface area contributed by atoms with Crippen molar-refractivity contribution in [2.45, 2.75) is 25.9 Å². The SMILES string of the molecule is C[C@H](Nc1cn(CCCN)c(C(N)=O)n1)C(=O)O. The molecule has 1 aromatic heterocycles. The van der Waals surface area contributed by atoms with Gasteiger partial charge in [-0.15, -0.1) is 0 Å². The van der Waals surface area contributed by atoms with Gasteiger partial charge >= 0.3 is 5.97 Å². The first kappa shape index (κ1) is 14.0. The molecule has 0 fully saturated rings. The topological polar surface area (TPSA) is 136 Å². The van der Waals surface area contributed by atoms with Crippen molar-refractivity contribution >= 4 is 17.7 Å². The number of nitrogens with one attached hydrogen (secondary N) is 1. The lowest BCUT2D eigenvalue weighted by atomic mass is 10.3. The molecule has 0 unspecified atom stereocenters. The number of imidazole rings is 1. The van der Waals surface area contributed by atoms with E-state index in [0.29, 0.717) is 25.3 Å². The Labute approximate surface area is 104 Å². The third-order valence-electron chi connectivity index (χ3n) is 2.33. The fourth-order valence-corrected chi connectivity index (χ4v) is 1.40. The number of nitrogens with two attached hydrogens (primary N) is 2. The number of carboxylic acid groups (broad SMARTS) is 1. The summed E-state index contributed by atoms with van der Waals surface area (Å²) in [6, 6.07) is -0.802. The molecule has 18 heavy (non-hydrogen) atoms. The van der Waals surface area contributed by atoms with Crippen LogP contribution in [0, 0.1) is 0 Å². The van der Waals surface area contributed by atoms with Crippen molar-refractivity contribution in [3.63, 3.8) is 0 Å². The lowest BCUT2D eigenvalue weighted by Gasteiger charge is -2.06. The Morgan fingerprint density at radius 3 is 2.78 bits per heavy atom. The van der Waals surface area contributed by atoms with Crippen molar-refractivity contribution in [1.29, 1.82) is 0 Å². The molecule has 8 heteroatoms. The Morgan fingerprint density at radius 1 is 1.61 bits per heavy atom. The van der Waals surface area contributed by atoms with Crippen LogP contribution in [0.25, 0.3) is 0 Å². The Morgan fingerprint density at radius 2 is 2.28 bits per heavy atom. The summed E-state index contributed by atoms with van der Waals surface area (Å²) < 4.78 is 1.56. The van der Waals surface area contributed by atoms with Crippen LogP contribution < -0.4 is 16.8 Å². The molecule has 0 bridgehead atoms. The third kappa shape index (κ3) is 3.45. The summed E-state index contributed by atoms with van der Waals surface area (Å²) >= 11 is 0. The van der Waals surface area contributed by atoms with Crippen molar-refractivity contribution in [3.05, 3.63) is 12.0 Å². The number of carboxylic acids is 1. The van der Waals surface area contributed by atoms with Gasteiger partial charge in [-0.3, -0.25) is 9.59 Å². The zero-order valence-corrected chi connectivity index (χ0v) is 10.1. The van der Waals surface area contributed by atoms with Crippen LogP contribution in [0.4, 0.5) is 5.82 Å². The normalized spacial score (nSPS) is 12.1. The molecular weight excluding hydrogens is 238 g/mol. The van der Waals surface area contributed by atoms with E-state index < -0.39 is 17.9 Å². The van der Waals surface area contributed by atoms with Gasteiger partial charge in [-0.05, 0) is 19.9 Å². The number of aromatic nitrogens is 2. The summed E-state index contributed by atoms with van der Waals surface area (Å²) in [5.41, 5.74) is 10.6. The second-order valence-electron chi connectivity index (χ2n) is 3.85. The third-order valence-corrected chi connectivity index (χ3v) is 2.33. The molecule has 0 aliphatic heterocycles. The van der Waals surface area contributed by atoms with Gasteiger partial charge in [0.25, 0.3) is 5.91 Å². The van der Waals surface area contributed by atoms with E-state index in [1.165, 1.54) is 6.92 Å². The second-order valence-corrected chi connectivity index (χ2v) is 3.85. The van der Waals surface area contributed by atoms with Gasteiger partial charge in [-0.2, -0.15) is 0 Å². The molecule has 6 N–H and O–H groups in total. The highest BCUT2D eigenvalue weighted by atomic mass is 16.4. The first-order valence-corrected chi connectivity index (χ1v) is 5.52. The molecule has 1 atom stereocenters. The van der Waals surface area contributed by atoms with Crippen molar-refractivity contribution in [3.8, 4) is 0 Å². The molecule has 1 heterocycles. The molecule has 0 aliphatic rings. The summed E-state index contributed by atoms with van der Waals surface area (Å²) in [5, 5.41) is 11.4. The maximum Gasteiger partial charge on any atom is 0.325 e. The zero-order valence-electron chi connectivity index (χ0n) is 10.1. The fraction of sp³-hybridized carbons (Fsp3) is 0.500. The maximum absolute atomic E-state index is 11.2. The van der Waals surface area contributed by atoms with Crippen LogP contribution in [0.1, 0.15) is 24.0 Å². The summed E-state index contributed by atoms with van der Waals surface area (Å²) in [6.45, 7) is 2.46. The van der Waals surface area contributed by atoms with Crippen molar-refractivity contribution in [2.24, 2.45) is 11.5 Å². The van der Waals surface area contributed by atoms with E-state index in [4.69, 9.17) is 16.6 Å². The number of anilines is 1. The lowest BCUT2D eigenvalue weighted by Crippen LogP contribution is -2.25. The monoisotopic (exact) mass is 255 g/mol. The van der Waals surface area contributed by atoms with Gasteiger partial charge in [0.1, 0.15) is 11.9 Å². The Bertz CT molecular complexity index is 443.